The molecule has 0 saturated carbocycles. The van der Waals surface area contributed by atoms with E-state index in [1.165, 1.54) is 18.9 Å². The summed E-state index contributed by atoms with van der Waals surface area (Å²) in [5.74, 6) is 0.348. The predicted octanol–water partition coefficient (Wildman–Crippen LogP) is 4.93. The quantitative estimate of drug-likeness (QED) is 0.544. The predicted molar refractivity (Wildman–Crippen MR) is 120 cm³/mol. The van der Waals surface area contributed by atoms with Crippen LogP contribution < -0.4 is 4.74 Å². The number of aryl methyl sites for hydroxylation is 1. The fraction of sp³-hybridized carbons (Fsp3) is 0.217. The number of amidine groups is 1. The Balaban J connectivity index is 1.97. The van der Waals surface area contributed by atoms with E-state index < -0.39 is 0 Å². The number of ether oxygens (including phenoxy) is 1. The average Bonchev–Trinajstić information content (AvgIpc) is 2.98. The molecule has 5 nitrogen and oxygen atoms in total. The smallest absolute Gasteiger partial charge is 0.266 e. The first-order valence-electron chi connectivity index (χ1n) is 9.33. The van der Waals surface area contributed by atoms with E-state index in [2.05, 4.69) is 13.5 Å². The number of rotatable bonds is 6. The van der Waals surface area contributed by atoms with Crippen LogP contribution in [0.15, 0.2) is 59.0 Å². The summed E-state index contributed by atoms with van der Waals surface area (Å²) >= 11 is 1.34. The zero-order valence-electron chi connectivity index (χ0n) is 16.8. The molecule has 1 aliphatic rings. The number of allylic oxidation sites excluding steroid dienone is 1. The van der Waals surface area contributed by atoms with Crippen LogP contribution in [-0.4, -0.2) is 35.2 Å². The fourth-order valence-electron chi connectivity index (χ4n) is 3.06. The number of aromatic hydroxyl groups is 1. The molecule has 3 rings (SSSR count). The third-order valence-corrected chi connectivity index (χ3v) is 5.71. The molecule has 6 heteroatoms. The Kier molecular flexibility index (Phi) is 6.44. The Morgan fingerprint density at radius 1 is 1.28 bits per heavy atom. The number of nitrogens with zero attached hydrogens (tertiary/aromatic N) is 2. The van der Waals surface area contributed by atoms with Crippen LogP contribution in [0.25, 0.3) is 6.08 Å². The van der Waals surface area contributed by atoms with Gasteiger partial charge in [0.1, 0.15) is 0 Å². The molecule has 1 fully saturated rings. The lowest BCUT2D eigenvalue weighted by Crippen LogP contribution is -2.23. The lowest BCUT2D eigenvalue weighted by atomic mass is 10.1. The van der Waals surface area contributed by atoms with Crippen LogP contribution in [0.3, 0.4) is 0 Å². The summed E-state index contributed by atoms with van der Waals surface area (Å²) in [6.07, 6.45) is 4.88. The van der Waals surface area contributed by atoms with E-state index in [-0.39, 0.29) is 11.7 Å². The molecule has 1 N–H and O–H groups in total. The number of hydrogen-bond acceptors (Lipinski definition) is 5. The van der Waals surface area contributed by atoms with Crippen LogP contribution in [0.1, 0.15) is 23.6 Å². The lowest BCUT2D eigenvalue weighted by Gasteiger charge is -2.10. The summed E-state index contributed by atoms with van der Waals surface area (Å²) in [5.41, 5.74) is 3.48. The molecule has 29 heavy (non-hydrogen) atoms. The first kappa shape index (κ1) is 20.7. The van der Waals surface area contributed by atoms with E-state index in [4.69, 9.17) is 9.73 Å². The molecular weight excluding hydrogens is 384 g/mol. The van der Waals surface area contributed by atoms with Crippen molar-refractivity contribution in [2.24, 2.45) is 4.99 Å². The first-order valence-corrected chi connectivity index (χ1v) is 10.1. The van der Waals surface area contributed by atoms with E-state index in [0.717, 1.165) is 23.2 Å². The lowest BCUT2D eigenvalue weighted by molar-refractivity contribution is -0.121. The maximum Gasteiger partial charge on any atom is 0.266 e. The van der Waals surface area contributed by atoms with E-state index >= 15 is 0 Å². The number of likely N-dealkylation sites (N-methyl/N-ethyl adjacent to an activating group) is 1. The minimum atomic E-state index is -0.111. The number of aliphatic imine (C=N–C) groups is 1. The van der Waals surface area contributed by atoms with E-state index in [0.29, 0.717) is 27.8 Å². The van der Waals surface area contributed by atoms with Crippen molar-refractivity contribution in [1.82, 2.24) is 4.90 Å². The van der Waals surface area contributed by atoms with Gasteiger partial charge in [-0.3, -0.25) is 9.69 Å². The van der Waals surface area contributed by atoms with Crippen LogP contribution in [0.2, 0.25) is 0 Å². The Hall–Kier alpha value is -2.99. The van der Waals surface area contributed by atoms with Crippen LogP contribution in [-0.2, 0) is 17.6 Å². The second-order valence-electron chi connectivity index (χ2n) is 6.58. The standard InChI is InChI=1S/C23H24N2O3S/c1-5-9-17-12-15(13-19(28-4)21(17)26)14-20-22(27)25(3)23(29-20)24-18-11-8-7-10-16(18)6-2/h5,7-8,10-14,26H,1,6,9H2,2-4H3/b20-14-,24-23?. The van der Waals surface area contributed by atoms with E-state index in [9.17, 15) is 9.90 Å². The van der Waals surface area contributed by atoms with Crippen molar-refractivity contribution in [3.8, 4) is 11.5 Å². The third-order valence-electron chi connectivity index (χ3n) is 4.65. The van der Waals surface area contributed by atoms with Gasteiger partial charge in [0.2, 0.25) is 0 Å². The summed E-state index contributed by atoms with van der Waals surface area (Å²) in [6.45, 7) is 5.81. The number of carbonyl (C=O) groups excluding carboxylic acids is 1. The van der Waals surface area contributed by atoms with Gasteiger partial charge in [-0.25, -0.2) is 4.99 Å². The molecule has 0 spiro atoms. The summed E-state index contributed by atoms with van der Waals surface area (Å²) in [5, 5.41) is 10.9. The van der Waals surface area contributed by atoms with E-state index in [1.54, 1.807) is 30.2 Å². The van der Waals surface area contributed by atoms with Gasteiger partial charge < -0.3 is 9.84 Å². The molecule has 1 aliphatic heterocycles. The molecular formula is C23H24N2O3S. The molecule has 0 aliphatic carbocycles. The highest BCUT2D eigenvalue weighted by Gasteiger charge is 2.30. The van der Waals surface area contributed by atoms with Gasteiger partial charge in [0, 0.05) is 12.6 Å². The Morgan fingerprint density at radius 2 is 2.03 bits per heavy atom. The van der Waals surface area contributed by atoms with Crippen molar-refractivity contribution in [2.45, 2.75) is 19.8 Å². The van der Waals surface area contributed by atoms with Crippen molar-refractivity contribution in [1.29, 1.82) is 0 Å². The molecule has 0 radical (unpaired) electrons. The summed E-state index contributed by atoms with van der Waals surface area (Å²) in [6, 6.07) is 11.5. The molecule has 2 aromatic rings. The molecule has 1 saturated heterocycles. The van der Waals surface area contributed by atoms with Gasteiger partial charge in [0.05, 0.1) is 17.7 Å². The van der Waals surface area contributed by atoms with Crippen LogP contribution in [0, 0.1) is 0 Å². The first-order chi connectivity index (χ1) is 14.0. The van der Waals surface area contributed by atoms with Crippen LogP contribution >= 0.6 is 11.8 Å². The van der Waals surface area contributed by atoms with Crippen molar-refractivity contribution in [2.75, 3.05) is 14.2 Å². The topological polar surface area (TPSA) is 62.1 Å². The molecule has 1 amide bonds. The van der Waals surface area contributed by atoms with Gasteiger partial charge in [-0.15, -0.1) is 6.58 Å². The van der Waals surface area contributed by atoms with Crippen molar-refractivity contribution >= 4 is 34.6 Å². The van der Waals surface area contributed by atoms with Crippen molar-refractivity contribution in [3.63, 3.8) is 0 Å². The number of phenolic OH excluding ortho intramolecular Hbond substituents is 1. The number of para-hydroxylation sites is 1. The van der Waals surface area contributed by atoms with Crippen molar-refractivity contribution < 1.29 is 14.6 Å². The van der Waals surface area contributed by atoms with Gasteiger partial charge >= 0.3 is 0 Å². The SMILES string of the molecule is C=CCc1cc(/C=C2\SC(=Nc3ccccc3CC)N(C)C2=O)cc(OC)c1O. The fourth-order valence-corrected chi connectivity index (χ4v) is 4.04. The van der Waals surface area contributed by atoms with Crippen molar-refractivity contribution in [3.05, 3.63) is 70.6 Å². The summed E-state index contributed by atoms with van der Waals surface area (Å²) in [4.78, 5) is 19.6. The van der Waals surface area contributed by atoms with Gasteiger partial charge in [-0.1, -0.05) is 31.2 Å². The highest BCUT2D eigenvalue weighted by Crippen LogP contribution is 2.37. The molecule has 0 atom stereocenters. The van der Waals surface area contributed by atoms with Gasteiger partial charge in [0.15, 0.2) is 16.7 Å². The molecule has 0 aromatic heterocycles. The number of hydrogen-bond donors (Lipinski definition) is 1. The second-order valence-corrected chi connectivity index (χ2v) is 7.58. The normalized spacial score (nSPS) is 16.7. The molecule has 0 unspecified atom stereocenters. The minimum absolute atomic E-state index is 0.0930. The minimum Gasteiger partial charge on any atom is -0.504 e. The number of methoxy groups -OCH3 is 1. The molecule has 2 aromatic carbocycles. The van der Waals surface area contributed by atoms with Gasteiger partial charge in [0.25, 0.3) is 5.91 Å². The van der Waals surface area contributed by atoms with E-state index in [1.807, 2.05) is 30.3 Å². The van der Waals surface area contributed by atoms with Gasteiger partial charge in [-0.2, -0.15) is 0 Å². The molecule has 1 heterocycles. The maximum atomic E-state index is 12.8. The Bertz CT molecular complexity index is 1010. The zero-order valence-corrected chi connectivity index (χ0v) is 17.6. The zero-order chi connectivity index (χ0) is 21.0. The Morgan fingerprint density at radius 3 is 2.72 bits per heavy atom. The number of benzene rings is 2. The van der Waals surface area contributed by atoms with Gasteiger partial charge in [-0.05, 0) is 60.0 Å². The molecule has 150 valence electrons. The van der Waals surface area contributed by atoms with Crippen LogP contribution in [0.5, 0.6) is 11.5 Å². The number of phenols is 1. The number of carbonyl (C=O) groups is 1. The monoisotopic (exact) mass is 408 g/mol. The average molecular weight is 409 g/mol. The Labute approximate surface area is 175 Å². The summed E-state index contributed by atoms with van der Waals surface area (Å²) < 4.78 is 5.27. The highest BCUT2D eigenvalue weighted by atomic mass is 32.2. The number of amides is 1. The maximum absolute atomic E-state index is 12.8. The summed E-state index contributed by atoms with van der Waals surface area (Å²) in [7, 11) is 3.23. The number of thioether (sulfide) groups is 1. The van der Waals surface area contributed by atoms with Crippen LogP contribution in [0.4, 0.5) is 5.69 Å². The highest BCUT2D eigenvalue weighted by molar-refractivity contribution is 8.18. The second kappa shape index (κ2) is 9.01. The molecule has 0 bridgehead atoms. The largest absolute Gasteiger partial charge is 0.504 e. The third kappa shape index (κ3) is 4.38.